The standard InChI is InChI=1S/C12H16O3/c1-8-5-6-9(2)10(7-8)11(13)12(14-3)15-4/h5-7,12H,1-4H3. The molecule has 0 N–H and O–H groups in total. The molecule has 0 atom stereocenters. The minimum absolute atomic E-state index is 0.138. The minimum Gasteiger partial charge on any atom is -0.349 e. The van der Waals surface area contributed by atoms with Crippen LogP contribution < -0.4 is 0 Å². The lowest BCUT2D eigenvalue weighted by atomic mass is 10.0. The molecule has 0 aliphatic rings. The van der Waals surface area contributed by atoms with Gasteiger partial charge >= 0.3 is 0 Å². The van der Waals surface area contributed by atoms with Gasteiger partial charge in [-0.2, -0.15) is 0 Å². The van der Waals surface area contributed by atoms with Crippen molar-refractivity contribution in [1.82, 2.24) is 0 Å². The summed E-state index contributed by atoms with van der Waals surface area (Å²) in [5.74, 6) is -0.138. The molecule has 3 nitrogen and oxygen atoms in total. The molecule has 1 aromatic carbocycles. The van der Waals surface area contributed by atoms with Crippen LogP contribution in [0.15, 0.2) is 18.2 Å². The van der Waals surface area contributed by atoms with Crippen molar-refractivity contribution in [3.05, 3.63) is 34.9 Å². The summed E-state index contributed by atoms with van der Waals surface area (Å²) < 4.78 is 9.88. The number of methoxy groups -OCH3 is 2. The number of aryl methyl sites for hydroxylation is 2. The van der Waals surface area contributed by atoms with Gasteiger partial charge in [-0.15, -0.1) is 0 Å². The zero-order chi connectivity index (χ0) is 11.4. The van der Waals surface area contributed by atoms with Crippen LogP contribution in [0.4, 0.5) is 0 Å². The molecular formula is C12H16O3. The molecule has 0 saturated heterocycles. The lowest BCUT2D eigenvalue weighted by Gasteiger charge is -2.13. The van der Waals surface area contributed by atoms with Gasteiger partial charge in [0.1, 0.15) is 0 Å². The Labute approximate surface area is 90.0 Å². The van der Waals surface area contributed by atoms with E-state index >= 15 is 0 Å². The summed E-state index contributed by atoms with van der Waals surface area (Å²) in [5, 5.41) is 0. The molecule has 82 valence electrons. The van der Waals surface area contributed by atoms with Gasteiger partial charge in [-0.25, -0.2) is 0 Å². The maximum Gasteiger partial charge on any atom is 0.222 e. The van der Waals surface area contributed by atoms with Crippen molar-refractivity contribution >= 4 is 5.78 Å². The predicted octanol–water partition coefficient (Wildman–Crippen LogP) is 2.11. The van der Waals surface area contributed by atoms with Crippen LogP contribution in [0.5, 0.6) is 0 Å². The summed E-state index contributed by atoms with van der Waals surface area (Å²) in [6.07, 6.45) is -0.814. The van der Waals surface area contributed by atoms with Crippen LogP contribution >= 0.6 is 0 Å². The van der Waals surface area contributed by atoms with Crippen molar-refractivity contribution < 1.29 is 14.3 Å². The Morgan fingerprint density at radius 1 is 1.20 bits per heavy atom. The molecular weight excluding hydrogens is 192 g/mol. The van der Waals surface area contributed by atoms with Crippen LogP contribution in [0.3, 0.4) is 0 Å². The topological polar surface area (TPSA) is 35.5 Å². The first-order valence-corrected chi connectivity index (χ1v) is 4.77. The van der Waals surface area contributed by atoms with E-state index in [-0.39, 0.29) is 5.78 Å². The highest BCUT2D eigenvalue weighted by Gasteiger charge is 2.20. The minimum atomic E-state index is -0.814. The van der Waals surface area contributed by atoms with Crippen LogP contribution in [0, 0.1) is 13.8 Å². The fourth-order valence-electron chi connectivity index (χ4n) is 1.44. The number of hydrogen-bond donors (Lipinski definition) is 0. The Kier molecular flexibility index (Phi) is 4.00. The fraction of sp³-hybridized carbons (Fsp3) is 0.417. The summed E-state index contributed by atoms with van der Waals surface area (Å²) in [7, 11) is 2.91. The molecule has 0 aromatic heterocycles. The maximum absolute atomic E-state index is 11.9. The third-order valence-corrected chi connectivity index (χ3v) is 2.30. The number of benzene rings is 1. The fourth-order valence-corrected chi connectivity index (χ4v) is 1.44. The largest absolute Gasteiger partial charge is 0.349 e. The van der Waals surface area contributed by atoms with Crippen LogP contribution in [-0.4, -0.2) is 26.3 Å². The van der Waals surface area contributed by atoms with Gasteiger partial charge in [0.15, 0.2) is 0 Å². The Bertz CT molecular complexity index is 354. The van der Waals surface area contributed by atoms with Crippen LogP contribution in [0.25, 0.3) is 0 Å². The lowest BCUT2D eigenvalue weighted by molar-refractivity contribution is -0.0742. The van der Waals surface area contributed by atoms with E-state index < -0.39 is 6.29 Å². The van der Waals surface area contributed by atoms with Crippen LogP contribution in [0.1, 0.15) is 21.5 Å². The summed E-state index contributed by atoms with van der Waals surface area (Å²) in [4.78, 5) is 11.9. The summed E-state index contributed by atoms with van der Waals surface area (Å²) in [5.41, 5.74) is 2.64. The molecule has 0 bridgehead atoms. The first-order chi connectivity index (χ1) is 7.10. The van der Waals surface area contributed by atoms with Gasteiger partial charge in [-0.1, -0.05) is 17.7 Å². The number of ketones is 1. The Morgan fingerprint density at radius 3 is 2.33 bits per heavy atom. The van der Waals surface area contributed by atoms with Crippen molar-refractivity contribution in [2.24, 2.45) is 0 Å². The third kappa shape index (κ3) is 2.64. The number of rotatable bonds is 4. The van der Waals surface area contributed by atoms with Crippen LogP contribution in [0.2, 0.25) is 0 Å². The molecule has 1 rings (SSSR count). The summed E-state index contributed by atoms with van der Waals surface area (Å²) in [6, 6.07) is 5.74. The highest BCUT2D eigenvalue weighted by molar-refractivity contribution is 6.00. The smallest absolute Gasteiger partial charge is 0.222 e. The molecule has 3 heteroatoms. The Balaban J connectivity index is 3.04. The third-order valence-electron chi connectivity index (χ3n) is 2.30. The highest BCUT2D eigenvalue weighted by atomic mass is 16.7. The number of carbonyl (C=O) groups is 1. The van der Waals surface area contributed by atoms with E-state index in [0.717, 1.165) is 11.1 Å². The normalized spacial score (nSPS) is 10.7. The van der Waals surface area contributed by atoms with Gasteiger partial charge in [-0.3, -0.25) is 4.79 Å². The van der Waals surface area contributed by atoms with Crippen LogP contribution in [-0.2, 0) is 9.47 Å². The second-order valence-corrected chi connectivity index (χ2v) is 3.49. The molecule has 0 saturated carbocycles. The quantitative estimate of drug-likeness (QED) is 0.561. The molecule has 0 fully saturated rings. The van der Waals surface area contributed by atoms with Crippen molar-refractivity contribution in [3.63, 3.8) is 0 Å². The molecule has 0 aliphatic heterocycles. The average Bonchev–Trinajstić information content (AvgIpc) is 2.23. The first-order valence-electron chi connectivity index (χ1n) is 4.77. The van der Waals surface area contributed by atoms with E-state index in [0.29, 0.717) is 5.56 Å². The second-order valence-electron chi connectivity index (χ2n) is 3.49. The molecule has 15 heavy (non-hydrogen) atoms. The van der Waals surface area contributed by atoms with Gasteiger partial charge < -0.3 is 9.47 Å². The maximum atomic E-state index is 11.9. The van der Waals surface area contributed by atoms with Gasteiger partial charge in [0.05, 0.1) is 0 Å². The highest BCUT2D eigenvalue weighted by Crippen LogP contribution is 2.14. The van der Waals surface area contributed by atoms with E-state index in [4.69, 9.17) is 9.47 Å². The second kappa shape index (κ2) is 5.05. The van der Waals surface area contributed by atoms with Crippen molar-refractivity contribution in [2.75, 3.05) is 14.2 Å². The molecule has 1 aromatic rings. The zero-order valence-electron chi connectivity index (χ0n) is 9.53. The Morgan fingerprint density at radius 2 is 1.80 bits per heavy atom. The number of hydrogen-bond acceptors (Lipinski definition) is 3. The summed E-state index contributed by atoms with van der Waals surface area (Å²) in [6.45, 7) is 3.85. The van der Waals surface area contributed by atoms with Gasteiger partial charge in [-0.05, 0) is 25.5 Å². The van der Waals surface area contributed by atoms with Gasteiger partial charge in [0.2, 0.25) is 12.1 Å². The lowest BCUT2D eigenvalue weighted by Crippen LogP contribution is -2.25. The zero-order valence-corrected chi connectivity index (χ0v) is 9.53. The molecule has 0 heterocycles. The van der Waals surface area contributed by atoms with Crippen molar-refractivity contribution in [1.29, 1.82) is 0 Å². The SMILES string of the molecule is COC(OC)C(=O)c1cc(C)ccc1C. The predicted molar refractivity (Wildman–Crippen MR) is 58.1 cm³/mol. The van der Waals surface area contributed by atoms with Gasteiger partial charge in [0.25, 0.3) is 0 Å². The molecule has 0 spiro atoms. The average molecular weight is 208 g/mol. The molecule has 0 amide bonds. The van der Waals surface area contributed by atoms with E-state index in [1.54, 1.807) is 0 Å². The first kappa shape index (κ1) is 11.9. The number of ether oxygens (including phenoxy) is 2. The van der Waals surface area contributed by atoms with Gasteiger partial charge in [0, 0.05) is 19.8 Å². The van der Waals surface area contributed by atoms with Crippen molar-refractivity contribution in [3.8, 4) is 0 Å². The van der Waals surface area contributed by atoms with E-state index in [2.05, 4.69) is 0 Å². The molecule has 0 unspecified atom stereocenters. The molecule has 0 aliphatic carbocycles. The monoisotopic (exact) mass is 208 g/mol. The Hall–Kier alpha value is -1.19. The van der Waals surface area contributed by atoms with E-state index in [1.165, 1.54) is 14.2 Å². The number of Topliss-reactive ketones (excluding diaryl/α,β-unsaturated/α-hetero) is 1. The van der Waals surface area contributed by atoms with E-state index in [1.807, 2.05) is 32.0 Å². The van der Waals surface area contributed by atoms with Crippen molar-refractivity contribution in [2.45, 2.75) is 20.1 Å². The molecule has 0 radical (unpaired) electrons. The van der Waals surface area contributed by atoms with E-state index in [9.17, 15) is 4.79 Å². The number of carbonyl (C=O) groups excluding carboxylic acids is 1. The summed E-state index contributed by atoms with van der Waals surface area (Å²) >= 11 is 0.